The number of pyridine rings is 1. The molecule has 0 bridgehead atoms. The number of ether oxygens (including phenoxy) is 1. The van der Waals surface area contributed by atoms with Crippen molar-refractivity contribution in [3.63, 3.8) is 0 Å². The van der Waals surface area contributed by atoms with E-state index in [2.05, 4.69) is 15.3 Å². The first-order valence-corrected chi connectivity index (χ1v) is 7.76. The van der Waals surface area contributed by atoms with Gasteiger partial charge in [0.15, 0.2) is 0 Å². The molecule has 0 saturated heterocycles. The number of hydrogen-bond donors (Lipinski definition) is 1. The van der Waals surface area contributed by atoms with E-state index >= 15 is 0 Å². The van der Waals surface area contributed by atoms with Crippen molar-refractivity contribution in [1.29, 1.82) is 0 Å². The number of amides is 1. The molecule has 7 heteroatoms. The maximum Gasteiger partial charge on any atom is 0.262 e. The normalized spacial score (nSPS) is 10.5. The average molecular weight is 340 g/mol. The maximum absolute atomic E-state index is 13.1. The van der Waals surface area contributed by atoms with Crippen LogP contribution in [-0.2, 0) is 7.05 Å². The zero-order valence-corrected chi connectivity index (χ0v) is 13.9. The summed E-state index contributed by atoms with van der Waals surface area (Å²) in [5.41, 5.74) is 1.59. The second-order valence-corrected chi connectivity index (χ2v) is 5.30. The first kappa shape index (κ1) is 16.6. The van der Waals surface area contributed by atoms with Gasteiger partial charge < -0.3 is 14.6 Å². The van der Waals surface area contributed by atoms with Gasteiger partial charge in [0, 0.05) is 18.8 Å². The Balaban J connectivity index is 1.92. The average Bonchev–Trinajstić information content (AvgIpc) is 2.97. The highest BCUT2D eigenvalue weighted by atomic mass is 19.1. The van der Waals surface area contributed by atoms with Crippen molar-refractivity contribution in [2.45, 2.75) is 6.92 Å². The van der Waals surface area contributed by atoms with Crippen LogP contribution in [0.1, 0.15) is 17.3 Å². The van der Waals surface area contributed by atoms with Crippen LogP contribution in [0.25, 0.3) is 11.3 Å². The lowest BCUT2D eigenvalue weighted by Gasteiger charge is -2.11. The van der Waals surface area contributed by atoms with E-state index in [0.717, 1.165) is 0 Å². The van der Waals surface area contributed by atoms with E-state index in [9.17, 15) is 9.18 Å². The smallest absolute Gasteiger partial charge is 0.262 e. The van der Waals surface area contributed by atoms with Gasteiger partial charge in [-0.3, -0.25) is 4.79 Å². The van der Waals surface area contributed by atoms with Crippen molar-refractivity contribution in [2.75, 3.05) is 11.9 Å². The molecular formula is C18H17FN4O2. The quantitative estimate of drug-likeness (QED) is 0.774. The Kier molecular flexibility index (Phi) is 4.74. The molecule has 128 valence electrons. The fourth-order valence-corrected chi connectivity index (χ4v) is 2.39. The SMILES string of the molecule is CCOc1ncccc1C(=O)Nc1c(-c2ccc(F)cc2)ncn1C. The number of hydrogen-bond acceptors (Lipinski definition) is 4. The Morgan fingerprint density at radius 3 is 2.72 bits per heavy atom. The summed E-state index contributed by atoms with van der Waals surface area (Å²) in [5, 5.41) is 2.83. The number of aryl methyl sites for hydroxylation is 1. The van der Waals surface area contributed by atoms with E-state index in [4.69, 9.17) is 4.74 Å². The molecular weight excluding hydrogens is 323 g/mol. The van der Waals surface area contributed by atoms with E-state index in [1.54, 1.807) is 48.4 Å². The summed E-state index contributed by atoms with van der Waals surface area (Å²) in [7, 11) is 1.77. The molecule has 0 aliphatic heterocycles. The molecule has 0 unspecified atom stereocenters. The van der Waals surface area contributed by atoms with Gasteiger partial charge in [0.05, 0.1) is 12.9 Å². The number of aromatic nitrogens is 3. The molecule has 6 nitrogen and oxygen atoms in total. The van der Waals surface area contributed by atoms with Gasteiger partial charge in [0.2, 0.25) is 5.88 Å². The molecule has 0 spiro atoms. The van der Waals surface area contributed by atoms with Crippen molar-refractivity contribution in [1.82, 2.24) is 14.5 Å². The number of benzene rings is 1. The zero-order chi connectivity index (χ0) is 17.8. The van der Waals surface area contributed by atoms with Crippen LogP contribution < -0.4 is 10.1 Å². The lowest BCUT2D eigenvalue weighted by Crippen LogP contribution is -2.16. The number of rotatable bonds is 5. The highest BCUT2D eigenvalue weighted by Gasteiger charge is 2.18. The highest BCUT2D eigenvalue weighted by Crippen LogP contribution is 2.27. The van der Waals surface area contributed by atoms with Crippen LogP contribution in [0.3, 0.4) is 0 Å². The summed E-state index contributed by atoms with van der Waals surface area (Å²) in [6.45, 7) is 2.23. The van der Waals surface area contributed by atoms with Gasteiger partial charge in [0.1, 0.15) is 22.9 Å². The molecule has 0 atom stereocenters. The Hall–Kier alpha value is -3.22. The minimum absolute atomic E-state index is 0.271. The third-order valence-electron chi connectivity index (χ3n) is 3.58. The fraction of sp³-hybridized carbons (Fsp3) is 0.167. The van der Waals surface area contributed by atoms with Gasteiger partial charge in [-0.05, 0) is 43.3 Å². The zero-order valence-electron chi connectivity index (χ0n) is 13.9. The standard InChI is InChI=1S/C18H17FN4O2/c1-3-25-18-14(5-4-10-20-18)17(24)22-16-15(21-11-23(16)2)12-6-8-13(19)9-7-12/h4-11H,3H2,1-2H3,(H,22,24). The first-order valence-electron chi connectivity index (χ1n) is 7.76. The van der Waals surface area contributed by atoms with Crippen molar-refractivity contribution in [3.8, 4) is 17.1 Å². The van der Waals surface area contributed by atoms with E-state index in [1.807, 2.05) is 6.92 Å². The molecule has 2 aromatic heterocycles. The van der Waals surface area contributed by atoms with Crippen LogP contribution in [0.15, 0.2) is 48.9 Å². The third kappa shape index (κ3) is 3.50. The molecule has 1 N–H and O–H groups in total. The molecule has 3 rings (SSSR count). The summed E-state index contributed by atoms with van der Waals surface area (Å²) < 4.78 is 20.2. The summed E-state index contributed by atoms with van der Waals surface area (Å²) in [6.07, 6.45) is 3.15. The number of carbonyl (C=O) groups is 1. The molecule has 3 aromatic rings. The summed E-state index contributed by atoms with van der Waals surface area (Å²) in [4.78, 5) is 21.0. The number of nitrogens with one attached hydrogen (secondary N) is 1. The van der Waals surface area contributed by atoms with Crippen LogP contribution in [0.5, 0.6) is 5.88 Å². The number of anilines is 1. The predicted octanol–water partition coefficient (Wildman–Crippen LogP) is 3.27. The van der Waals surface area contributed by atoms with E-state index in [1.165, 1.54) is 12.1 Å². The van der Waals surface area contributed by atoms with Gasteiger partial charge in [-0.1, -0.05) is 0 Å². The lowest BCUT2D eigenvalue weighted by molar-refractivity contribution is 0.102. The monoisotopic (exact) mass is 340 g/mol. The second kappa shape index (κ2) is 7.12. The second-order valence-electron chi connectivity index (χ2n) is 5.30. The Bertz CT molecular complexity index is 890. The maximum atomic E-state index is 13.1. The van der Waals surface area contributed by atoms with Gasteiger partial charge in [-0.15, -0.1) is 0 Å². The lowest BCUT2D eigenvalue weighted by atomic mass is 10.1. The van der Waals surface area contributed by atoms with Crippen LogP contribution in [-0.4, -0.2) is 27.0 Å². The highest BCUT2D eigenvalue weighted by molar-refractivity contribution is 6.06. The molecule has 0 saturated carbocycles. The molecule has 0 fully saturated rings. The number of imidazole rings is 1. The number of carbonyl (C=O) groups excluding carboxylic acids is 1. The van der Waals surface area contributed by atoms with Gasteiger partial charge in [-0.2, -0.15) is 0 Å². The largest absolute Gasteiger partial charge is 0.477 e. The van der Waals surface area contributed by atoms with Crippen molar-refractivity contribution < 1.29 is 13.9 Å². The fourth-order valence-electron chi connectivity index (χ4n) is 2.39. The minimum Gasteiger partial charge on any atom is -0.477 e. The van der Waals surface area contributed by atoms with Crippen molar-refractivity contribution in [2.24, 2.45) is 7.05 Å². The van der Waals surface area contributed by atoms with E-state index < -0.39 is 0 Å². The first-order chi connectivity index (χ1) is 12.1. The Morgan fingerprint density at radius 2 is 2.00 bits per heavy atom. The van der Waals surface area contributed by atoms with Crippen LogP contribution >= 0.6 is 0 Å². The topological polar surface area (TPSA) is 69.0 Å². The minimum atomic E-state index is -0.358. The summed E-state index contributed by atoms with van der Waals surface area (Å²) in [5.74, 6) is 0.0846. The van der Waals surface area contributed by atoms with Crippen LogP contribution in [0.2, 0.25) is 0 Å². The van der Waals surface area contributed by atoms with Crippen molar-refractivity contribution >= 4 is 11.7 Å². The van der Waals surface area contributed by atoms with Gasteiger partial charge in [-0.25, -0.2) is 14.4 Å². The van der Waals surface area contributed by atoms with E-state index in [-0.39, 0.29) is 17.6 Å². The Labute approximate surface area is 144 Å². The molecule has 1 amide bonds. The number of nitrogens with zero attached hydrogens (tertiary/aromatic N) is 3. The van der Waals surface area contributed by atoms with Crippen molar-refractivity contribution in [3.05, 3.63) is 60.3 Å². The molecule has 1 aromatic carbocycles. The van der Waals surface area contributed by atoms with Crippen LogP contribution in [0.4, 0.5) is 10.2 Å². The molecule has 0 radical (unpaired) electrons. The predicted molar refractivity (Wildman–Crippen MR) is 92.0 cm³/mol. The molecule has 0 aliphatic carbocycles. The molecule has 2 heterocycles. The summed E-state index contributed by atoms with van der Waals surface area (Å²) >= 11 is 0. The Morgan fingerprint density at radius 1 is 1.24 bits per heavy atom. The third-order valence-corrected chi connectivity index (χ3v) is 3.58. The molecule has 0 aliphatic rings. The molecule has 25 heavy (non-hydrogen) atoms. The van der Waals surface area contributed by atoms with Gasteiger partial charge in [0.25, 0.3) is 5.91 Å². The number of halogens is 1. The van der Waals surface area contributed by atoms with Crippen LogP contribution in [0, 0.1) is 5.82 Å². The van der Waals surface area contributed by atoms with Gasteiger partial charge >= 0.3 is 0 Å². The summed E-state index contributed by atoms with van der Waals surface area (Å²) in [6, 6.07) is 9.24. The van der Waals surface area contributed by atoms with E-state index in [0.29, 0.717) is 29.2 Å².